The van der Waals surface area contributed by atoms with Gasteiger partial charge in [0.25, 0.3) is 11.1 Å². The average Bonchev–Trinajstić information content (AvgIpc) is 3.03. The second-order valence-electron chi connectivity index (χ2n) is 7.10. The van der Waals surface area contributed by atoms with Crippen molar-refractivity contribution < 1.29 is 14.3 Å². The summed E-state index contributed by atoms with van der Waals surface area (Å²) in [5.74, 6) is 0.499. The summed E-state index contributed by atoms with van der Waals surface area (Å²) in [4.78, 5) is 26.8. The molecule has 2 amide bonds. The highest BCUT2D eigenvalue weighted by atomic mass is 32.2. The van der Waals surface area contributed by atoms with Gasteiger partial charge in [-0.25, -0.2) is 0 Å². The molecule has 150 valence electrons. The standard InChI is InChI=1S/C25H21NO3S/c1-18-7-9-20(10-8-18)16-26-24(27)23(30-25(26)28)15-19-11-13-22(14-12-19)29-17-21-5-3-2-4-6-21/h2-15H,16-17H2,1H3. The van der Waals surface area contributed by atoms with Crippen molar-refractivity contribution in [1.82, 2.24) is 4.90 Å². The van der Waals surface area contributed by atoms with Crippen molar-refractivity contribution >= 4 is 29.0 Å². The molecule has 0 atom stereocenters. The summed E-state index contributed by atoms with van der Waals surface area (Å²) in [6.45, 7) is 2.79. The third kappa shape index (κ3) is 4.81. The van der Waals surface area contributed by atoms with Gasteiger partial charge in [0.1, 0.15) is 12.4 Å². The molecular weight excluding hydrogens is 394 g/mol. The topological polar surface area (TPSA) is 46.6 Å². The molecular formula is C25H21NO3S. The van der Waals surface area contributed by atoms with Crippen molar-refractivity contribution in [1.29, 1.82) is 0 Å². The summed E-state index contributed by atoms with van der Waals surface area (Å²) in [6, 6.07) is 25.3. The van der Waals surface area contributed by atoms with Crippen molar-refractivity contribution in [2.75, 3.05) is 0 Å². The van der Waals surface area contributed by atoms with E-state index in [1.54, 1.807) is 6.08 Å². The molecule has 1 aliphatic heterocycles. The number of nitrogens with zero attached hydrogens (tertiary/aromatic N) is 1. The van der Waals surface area contributed by atoms with E-state index in [-0.39, 0.29) is 17.7 Å². The van der Waals surface area contributed by atoms with Gasteiger partial charge in [-0.3, -0.25) is 14.5 Å². The summed E-state index contributed by atoms with van der Waals surface area (Å²) in [5.41, 5.74) is 4.03. The fourth-order valence-electron chi connectivity index (χ4n) is 3.06. The van der Waals surface area contributed by atoms with Crippen LogP contribution in [0.15, 0.2) is 83.8 Å². The number of imide groups is 1. The van der Waals surface area contributed by atoms with Crippen LogP contribution in [0, 0.1) is 6.92 Å². The molecule has 1 heterocycles. The number of ether oxygens (including phenoxy) is 1. The lowest BCUT2D eigenvalue weighted by Gasteiger charge is -2.12. The van der Waals surface area contributed by atoms with Crippen LogP contribution >= 0.6 is 11.8 Å². The highest BCUT2D eigenvalue weighted by molar-refractivity contribution is 8.18. The minimum absolute atomic E-state index is 0.241. The molecule has 0 unspecified atom stereocenters. The summed E-state index contributed by atoms with van der Waals surface area (Å²) < 4.78 is 5.79. The molecule has 0 N–H and O–H groups in total. The Bertz CT molecular complexity index is 1070. The molecule has 0 spiro atoms. The molecule has 1 aliphatic rings. The first-order valence-electron chi connectivity index (χ1n) is 9.66. The lowest BCUT2D eigenvalue weighted by molar-refractivity contribution is -0.123. The number of hydrogen-bond acceptors (Lipinski definition) is 4. The predicted molar refractivity (Wildman–Crippen MR) is 120 cm³/mol. The van der Waals surface area contributed by atoms with Crippen molar-refractivity contribution in [2.45, 2.75) is 20.1 Å². The number of carbonyl (C=O) groups is 2. The van der Waals surface area contributed by atoms with E-state index >= 15 is 0 Å². The fraction of sp³-hybridized carbons (Fsp3) is 0.120. The number of carbonyl (C=O) groups excluding carboxylic acids is 2. The second kappa shape index (κ2) is 9.01. The van der Waals surface area contributed by atoms with E-state index in [9.17, 15) is 9.59 Å². The Balaban J connectivity index is 1.41. The van der Waals surface area contributed by atoms with Gasteiger partial charge in [0, 0.05) is 0 Å². The lowest BCUT2D eigenvalue weighted by atomic mass is 10.1. The van der Waals surface area contributed by atoms with Gasteiger partial charge in [-0.1, -0.05) is 72.3 Å². The molecule has 0 aliphatic carbocycles. The zero-order valence-corrected chi connectivity index (χ0v) is 17.4. The van der Waals surface area contributed by atoms with Crippen LogP contribution in [-0.2, 0) is 17.9 Å². The first-order chi connectivity index (χ1) is 14.6. The minimum Gasteiger partial charge on any atom is -0.489 e. The SMILES string of the molecule is Cc1ccc(CN2C(=O)SC(=Cc3ccc(OCc4ccccc4)cc3)C2=O)cc1. The number of rotatable bonds is 6. The predicted octanol–water partition coefficient (Wildman–Crippen LogP) is 5.81. The summed E-state index contributed by atoms with van der Waals surface area (Å²) >= 11 is 0.978. The Hall–Kier alpha value is -3.31. The number of thioether (sulfide) groups is 1. The van der Waals surface area contributed by atoms with E-state index in [4.69, 9.17) is 4.74 Å². The first kappa shape index (κ1) is 20.0. The molecule has 1 fully saturated rings. The number of aryl methyl sites for hydroxylation is 1. The molecule has 0 radical (unpaired) electrons. The van der Waals surface area contributed by atoms with E-state index in [1.807, 2.05) is 85.8 Å². The molecule has 0 saturated carbocycles. The molecule has 4 rings (SSSR count). The van der Waals surface area contributed by atoms with Crippen molar-refractivity contribution in [3.63, 3.8) is 0 Å². The molecule has 30 heavy (non-hydrogen) atoms. The van der Waals surface area contributed by atoms with Gasteiger partial charge in [-0.2, -0.15) is 0 Å². The third-order valence-corrected chi connectivity index (χ3v) is 5.67. The normalized spacial score (nSPS) is 15.1. The summed E-state index contributed by atoms with van der Waals surface area (Å²) in [5, 5.41) is -0.241. The Morgan fingerprint density at radius 3 is 2.27 bits per heavy atom. The van der Waals surface area contributed by atoms with Crippen LogP contribution < -0.4 is 4.74 Å². The summed E-state index contributed by atoms with van der Waals surface area (Å²) in [7, 11) is 0. The van der Waals surface area contributed by atoms with Crippen LogP contribution in [0.5, 0.6) is 5.75 Å². The van der Waals surface area contributed by atoms with E-state index in [2.05, 4.69) is 0 Å². The van der Waals surface area contributed by atoms with Crippen molar-refractivity contribution in [3.8, 4) is 5.75 Å². The quantitative estimate of drug-likeness (QED) is 0.477. The Morgan fingerprint density at radius 1 is 0.867 bits per heavy atom. The van der Waals surface area contributed by atoms with Crippen LogP contribution in [0.2, 0.25) is 0 Å². The van der Waals surface area contributed by atoms with Crippen LogP contribution in [0.3, 0.4) is 0 Å². The molecule has 5 heteroatoms. The maximum Gasteiger partial charge on any atom is 0.293 e. The van der Waals surface area contributed by atoms with Gasteiger partial charge in [-0.05, 0) is 53.6 Å². The van der Waals surface area contributed by atoms with E-state index < -0.39 is 0 Å². The maximum atomic E-state index is 12.7. The smallest absolute Gasteiger partial charge is 0.293 e. The van der Waals surface area contributed by atoms with Gasteiger partial charge in [0.2, 0.25) is 0 Å². The van der Waals surface area contributed by atoms with Crippen LogP contribution in [0.25, 0.3) is 6.08 Å². The third-order valence-electron chi connectivity index (χ3n) is 4.76. The van der Waals surface area contributed by atoms with Gasteiger partial charge in [0.05, 0.1) is 11.4 Å². The molecule has 0 aromatic heterocycles. The van der Waals surface area contributed by atoms with Gasteiger partial charge in [0.15, 0.2) is 0 Å². The van der Waals surface area contributed by atoms with Crippen LogP contribution in [-0.4, -0.2) is 16.0 Å². The summed E-state index contributed by atoms with van der Waals surface area (Å²) in [6.07, 6.45) is 1.75. The zero-order chi connectivity index (χ0) is 20.9. The van der Waals surface area contributed by atoms with Gasteiger partial charge < -0.3 is 4.74 Å². The largest absolute Gasteiger partial charge is 0.489 e. The Morgan fingerprint density at radius 2 is 1.57 bits per heavy atom. The molecule has 3 aromatic rings. The highest BCUT2D eigenvalue weighted by Gasteiger charge is 2.34. The molecule has 1 saturated heterocycles. The monoisotopic (exact) mass is 415 g/mol. The number of hydrogen-bond donors (Lipinski definition) is 0. The molecule has 3 aromatic carbocycles. The fourth-order valence-corrected chi connectivity index (χ4v) is 3.90. The number of benzene rings is 3. The second-order valence-corrected chi connectivity index (χ2v) is 8.09. The average molecular weight is 416 g/mol. The van der Waals surface area contributed by atoms with E-state index in [0.717, 1.165) is 39.8 Å². The first-order valence-corrected chi connectivity index (χ1v) is 10.5. The minimum atomic E-state index is -0.255. The van der Waals surface area contributed by atoms with Crippen molar-refractivity contribution in [3.05, 3.63) is 106 Å². The van der Waals surface area contributed by atoms with E-state index in [0.29, 0.717) is 11.5 Å². The van der Waals surface area contributed by atoms with Crippen molar-refractivity contribution in [2.24, 2.45) is 0 Å². The van der Waals surface area contributed by atoms with Gasteiger partial charge >= 0.3 is 0 Å². The van der Waals surface area contributed by atoms with Crippen LogP contribution in [0.1, 0.15) is 22.3 Å². The number of amides is 2. The van der Waals surface area contributed by atoms with Crippen LogP contribution in [0.4, 0.5) is 4.79 Å². The lowest BCUT2D eigenvalue weighted by Crippen LogP contribution is -2.27. The zero-order valence-electron chi connectivity index (χ0n) is 16.6. The van der Waals surface area contributed by atoms with E-state index in [1.165, 1.54) is 4.90 Å². The highest BCUT2D eigenvalue weighted by Crippen LogP contribution is 2.33. The Kier molecular flexibility index (Phi) is 6.00. The molecule has 0 bridgehead atoms. The Labute approximate surface area is 180 Å². The maximum absolute atomic E-state index is 12.7. The molecule has 4 nitrogen and oxygen atoms in total. The van der Waals surface area contributed by atoms with Gasteiger partial charge in [-0.15, -0.1) is 0 Å².